The van der Waals surface area contributed by atoms with Gasteiger partial charge in [0.25, 0.3) is 0 Å². The van der Waals surface area contributed by atoms with E-state index in [2.05, 4.69) is 9.97 Å². The number of aromatic nitrogens is 2. The van der Waals surface area contributed by atoms with E-state index in [0.29, 0.717) is 24.8 Å². The van der Waals surface area contributed by atoms with Gasteiger partial charge in [-0.25, -0.2) is 0 Å². The number of rotatable bonds is 5. The summed E-state index contributed by atoms with van der Waals surface area (Å²) in [4.78, 5) is 24.4. The standard InChI is InChI=1S/C15H22N4O2/c1-18(2)13-8-16-9-14(17-13)21-12-5-6-19(10-12)15(20)7-11-3-4-11/h8-9,11-12H,3-7,10H2,1-2H3/t12-/m1/s1. The van der Waals surface area contributed by atoms with Crippen LogP contribution in [0.5, 0.6) is 5.88 Å². The van der Waals surface area contributed by atoms with Gasteiger partial charge in [-0.1, -0.05) is 0 Å². The predicted octanol–water partition coefficient (Wildman–Crippen LogP) is 1.32. The first-order valence-corrected chi connectivity index (χ1v) is 7.55. The third kappa shape index (κ3) is 3.62. The minimum absolute atomic E-state index is 0.0277. The molecule has 0 spiro atoms. The number of anilines is 1. The van der Waals surface area contributed by atoms with E-state index in [0.717, 1.165) is 18.8 Å². The van der Waals surface area contributed by atoms with Crippen molar-refractivity contribution < 1.29 is 9.53 Å². The molecule has 2 fully saturated rings. The number of carbonyl (C=O) groups is 1. The van der Waals surface area contributed by atoms with Gasteiger partial charge in [0.1, 0.15) is 6.10 Å². The van der Waals surface area contributed by atoms with Gasteiger partial charge in [0.15, 0.2) is 5.82 Å². The average molecular weight is 290 g/mol. The second-order valence-corrected chi connectivity index (χ2v) is 6.13. The largest absolute Gasteiger partial charge is 0.471 e. The van der Waals surface area contributed by atoms with Gasteiger partial charge in [0, 0.05) is 33.5 Å². The fourth-order valence-corrected chi connectivity index (χ4v) is 2.53. The molecule has 3 rings (SSSR count). The molecule has 1 saturated heterocycles. The Morgan fingerprint density at radius 1 is 1.38 bits per heavy atom. The molecule has 114 valence electrons. The van der Waals surface area contributed by atoms with E-state index >= 15 is 0 Å². The number of carbonyl (C=O) groups excluding carboxylic acids is 1. The van der Waals surface area contributed by atoms with Crippen molar-refractivity contribution >= 4 is 11.7 Å². The van der Waals surface area contributed by atoms with Gasteiger partial charge in [-0.05, 0) is 18.8 Å². The van der Waals surface area contributed by atoms with Crippen molar-refractivity contribution in [3.05, 3.63) is 12.4 Å². The van der Waals surface area contributed by atoms with Gasteiger partial charge < -0.3 is 14.5 Å². The van der Waals surface area contributed by atoms with Gasteiger partial charge in [-0.3, -0.25) is 9.78 Å². The molecule has 6 nitrogen and oxygen atoms in total. The van der Waals surface area contributed by atoms with Crippen molar-refractivity contribution in [2.45, 2.75) is 31.8 Å². The highest BCUT2D eigenvalue weighted by Crippen LogP contribution is 2.33. The van der Waals surface area contributed by atoms with Crippen molar-refractivity contribution in [2.75, 3.05) is 32.1 Å². The van der Waals surface area contributed by atoms with Crippen LogP contribution in [0.4, 0.5) is 5.82 Å². The lowest BCUT2D eigenvalue weighted by Crippen LogP contribution is -2.31. The summed E-state index contributed by atoms with van der Waals surface area (Å²) in [6.45, 7) is 1.45. The van der Waals surface area contributed by atoms with E-state index in [1.54, 1.807) is 12.4 Å². The Kier molecular flexibility index (Phi) is 3.94. The molecular weight excluding hydrogens is 268 g/mol. The van der Waals surface area contributed by atoms with Crippen LogP contribution in [0.25, 0.3) is 0 Å². The number of ether oxygens (including phenoxy) is 1. The van der Waals surface area contributed by atoms with Crippen LogP contribution >= 0.6 is 0 Å². The second kappa shape index (κ2) is 5.87. The molecule has 1 atom stereocenters. The number of hydrogen-bond acceptors (Lipinski definition) is 5. The number of amides is 1. The van der Waals surface area contributed by atoms with E-state index in [1.165, 1.54) is 12.8 Å². The molecule has 1 aromatic rings. The van der Waals surface area contributed by atoms with Gasteiger partial charge >= 0.3 is 0 Å². The molecule has 0 N–H and O–H groups in total. The fraction of sp³-hybridized carbons (Fsp3) is 0.667. The molecule has 2 aliphatic rings. The van der Waals surface area contributed by atoms with Crippen LogP contribution in [-0.4, -0.2) is 54.1 Å². The molecule has 21 heavy (non-hydrogen) atoms. The van der Waals surface area contributed by atoms with Crippen LogP contribution < -0.4 is 9.64 Å². The number of likely N-dealkylation sites (tertiary alicyclic amines) is 1. The van der Waals surface area contributed by atoms with Gasteiger partial charge in [-0.2, -0.15) is 4.98 Å². The predicted molar refractivity (Wildman–Crippen MR) is 79.3 cm³/mol. The first kappa shape index (κ1) is 14.1. The summed E-state index contributed by atoms with van der Waals surface area (Å²) in [6.07, 6.45) is 7.36. The van der Waals surface area contributed by atoms with E-state index in [-0.39, 0.29) is 12.0 Å². The molecule has 2 heterocycles. The fourth-order valence-electron chi connectivity index (χ4n) is 2.53. The van der Waals surface area contributed by atoms with Crippen molar-refractivity contribution in [1.29, 1.82) is 0 Å². The maximum atomic E-state index is 12.1. The van der Waals surface area contributed by atoms with Crippen LogP contribution in [0.2, 0.25) is 0 Å². The van der Waals surface area contributed by atoms with Crippen molar-refractivity contribution in [1.82, 2.24) is 14.9 Å². The molecule has 1 aliphatic carbocycles. The van der Waals surface area contributed by atoms with Crippen molar-refractivity contribution in [2.24, 2.45) is 5.92 Å². The van der Waals surface area contributed by atoms with Gasteiger partial charge in [0.2, 0.25) is 11.8 Å². The highest BCUT2D eigenvalue weighted by atomic mass is 16.5. The zero-order valence-electron chi connectivity index (χ0n) is 12.7. The first-order valence-electron chi connectivity index (χ1n) is 7.55. The third-order valence-electron chi connectivity index (χ3n) is 4.00. The lowest BCUT2D eigenvalue weighted by atomic mass is 10.2. The molecule has 0 bridgehead atoms. The van der Waals surface area contributed by atoms with E-state index in [9.17, 15) is 4.79 Å². The lowest BCUT2D eigenvalue weighted by Gasteiger charge is -2.17. The van der Waals surface area contributed by atoms with E-state index in [1.807, 2.05) is 23.9 Å². The second-order valence-electron chi connectivity index (χ2n) is 6.13. The smallest absolute Gasteiger partial charge is 0.234 e. The maximum Gasteiger partial charge on any atom is 0.234 e. The molecule has 6 heteroatoms. The third-order valence-corrected chi connectivity index (χ3v) is 4.00. The van der Waals surface area contributed by atoms with Crippen molar-refractivity contribution in [3.8, 4) is 5.88 Å². The summed E-state index contributed by atoms with van der Waals surface area (Å²) in [7, 11) is 3.84. The average Bonchev–Trinajstić information content (AvgIpc) is 3.15. The molecule has 0 aromatic carbocycles. The Balaban J connectivity index is 1.54. The highest BCUT2D eigenvalue weighted by molar-refractivity contribution is 5.77. The quantitative estimate of drug-likeness (QED) is 0.818. The normalized spacial score (nSPS) is 21.4. The monoisotopic (exact) mass is 290 g/mol. The highest BCUT2D eigenvalue weighted by Gasteiger charge is 2.32. The van der Waals surface area contributed by atoms with Crippen LogP contribution in [0.15, 0.2) is 12.4 Å². The molecule has 0 unspecified atom stereocenters. The van der Waals surface area contributed by atoms with Crippen LogP contribution in [0.3, 0.4) is 0 Å². The summed E-state index contributed by atoms with van der Waals surface area (Å²) in [5.41, 5.74) is 0. The molecule has 1 saturated carbocycles. The van der Waals surface area contributed by atoms with Crippen molar-refractivity contribution in [3.63, 3.8) is 0 Å². The van der Waals surface area contributed by atoms with E-state index < -0.39 is 0 Å². The van der Waals surface area contributed by atoms with Crippen LogP contribution in [0, 0.1) is 5.92 Å². The van der Waals surface area contributed by atoms with E-state index in [4.69, 9.17) is 4.74 Å². The minimum atomic E-state index is 0.0277. The Hall–Kier alpha value is -1.85. The summed E-state index contributed by atoms with van der Waals surface area (Å²) in [5.74, 6) is 2.21. The maximum absolute atomic E-state index is 12.1. The molecular formula is C15H22N4O2. The number of hydrogen-bond donors (Lipinski definition) is 0. The summed E-state index contributed by atoms with van der Waals surface area (Å²) in [6, 6.07) is 0. The van der Waals surface area contributed by atoms with Crippen LogP contribution in [-0.2, 0) is 4.79 Å². The first-order chi connectivity index (χ1) is 10.1. The molecule has 1 amide bonds. The summed E-state index contributed by atoms with van der Waals surface area (Å²) < 4.78 is 5.87. The zero-order valence-corrected chi connectivity index (χ0v) is 12.7. The van der Waals surface area contributed by atoms with Gasteiger partial charge in [-0.15, -0.1) is 0 Å². The number of nitrogens with zero attached hydrogens (tertiary/aromatic N) is 4. The van der Waals surface area contributed by atoms with Gasteiger partial charge in [0.05, 0.1) is 18.9 Å². The Morgan fingerprint density at radius 3 is 2.90 bits per heavy atom. The Bertz CT molecular complexity index is 516. The molecule has 0 radical (unpaired) electrons. The minimum Gasteiger partial charge on any atom is -0.471 e. The molecule has 1 aromatic heterocycles. The zero-order chi connectivity index (χ0) is 14.8. The summed E-state index contributed by atoms with van der Waals surface area (Å²) in [5, 5.41) is 0. The van der Waals surface area contributed by atoms with Crippen LogP contribution in [0.1, 0.15) is 25.7 Å². The summed E-state index contributed by atoms with van der Waals surface area (Å²) >= 11 is 0. The Labute approximate surface area is 125 Å². The Morgan fingerprint density at radius 2 is 2.19 bits per heavy atom. The molecule has 1 aliphatic heterocycles. The topological polar surface area (TPSA) is 58.6 Å². The SMILES string of the molecule is CN(C)c1cncc(O[C@@H]2CCN(C(=O)CC3CC3)C2)n1. The lowest BCUT2D eigenvalue weighted by molar-refractivity contribution is -0.130.